The van der Waals surface area contributed by atoms with Crippen molar-refractivity contribution < 1.29 is 19.7 Å². The van der Waals surface area contributed by atoms with Crippen LogP contribution in [0.2, 0.25) is 0 Å². The molecule has 5 heteroatoms. The van der Waals surface area contributed by atoms with Gasteiger partial charge in [0.15, 0.2) is 11.4 Å². The lowest BCUT2D eigenvalue weighted by atomic mass is 9.90. The van der Waals surface area contributed by atoms with Crippen LogP contribution in [0.15, 0.2) is 16.6 Å². The lowest BCUT2D eigenvalue weighted by Crippen LogP contribution is -2.48. The van der Waals surface area contributed by atoms with E-state index in [4.69, 9.17) is 4.74 Å². The Balaban J connectivity index is 2.49. The third-order valence-corrected chi connectivity index (χ3v) is 3.80. The van der Waals surface area contributed by atoms with Crippen LogP contribution >= 0.6 is 15.9 Å². The van der Waals surface area contributed by atoms with Gasteiger partial charge in [0, 0.05) is 4.47 Å². The Kier molecular flexibility index (Phi) is 3.25. The largest absolute Gasteiger partial charge is 0.481 e. The van der Waals surface area contributed by atoms with Crippen LogP contribution in [0.5, 0.6) is 5.75 Å². The molecule has 2 N–H and O–H groups in total. The normalized spacial score (nSPS) is 17.5. The standard InChI is InChI=1S/C12H13BrO4/c1-7-2-8-10(16)4-12(5-14,6-15)17-11(8)3-9(7)13/h2-3,14-15H,4-6H2,1H3. The summed E-state index contributed by atoms with van der Waals surface area (Å²) < 4.78 is 6.40. The maximum Gasteiger partial charge on any atom is 0.170 e. The van der Waals surface area contributed by atoms with Crippen LogP contribution in [0.25, 0.3) is 0 Å². The first kappa shape index (κ1) is 12.5. The number of halogens is 1. The molecule has 1 heterocycles. The van der Waals surface area contributed by atoms with E-state index in [1.807, 2.05) is 6.92 Å². The molecule has 1 aromatic rings. The van der Waals surface area contributed by atoms with Gasteiger partial charge in [0.25, 0.3) is 0 Å². The molecular weight excluding hydrogens is 288 g/mol. The number of aliphatic hydroxyl groups excluding tert-OH is 2. The summed E-state index contributed by atoms with van der Waals surface area (Å²) in [6.07, 6.45) is -0.00588. The second-order valence-corrected chi connectivity index (χ2v) is 5.15. The van der Waals surface area contributed by atoms with E-state index < -0.39 is 5.60 Å². The van der Waals surface area contributed by atoms with Crippen LogP contribution in [-0.4, -0.2) is 34.8 Å². The maximum atomic E-state index is 12.0. The molecule has 1 aromatic carbocycles. The first-order valence-corrected chi connectivity index (χ1v) is 6.05. The van der Waals surface area contributed by atoms with E-state index in [1.54, 1.807) is 12.1 Å². The van der Waals surface area contributed by atoms with Gasteiger partial charge < -0.3 is 14.9 Å². The minimum absolute atomic E-state index is 0.00588. The molecule has 0 atom stereocenters. The number of hydrogen-bond acceptors (Lipinski definition) is 4. The van der Waals surface area contributed by atoms with Crippen molar-refractivity contribution in [2.24, 2.45) is 0 Å². The van der Waals surface area contributed by atoms with Gasteiger partial charge in [0.05, 0.1) is 25.2 Å². The molecule has 0 spiro atoms. The third-order valence-electron chi connectivity index (χ3n) is 2.95. The average molecular weight is 301 g/mol. The van der Waals surface area contributed by atoms with Gasteiger partial charge in [-0.25, -0.2) is 0 Å². The Bertz CT molecular complexity index is 466. The van der Waals surface area contributed by atoms with Crippen LogP contribution in [0.3, 0.4) is 0 Å². The number of aryl methyl sites for hydroxylation is 1. The van der Waals surface area contributed by atoms with Gasteiger partial charge in [0.1, 0.15) is 5.75 Å². The number of carbonyl (C=O) groups excluding carboxylic acids is 1. The van der Waals surface area contributed by atoms with Gasteiger partial charge in [-0.2, -0.15) is 0 Å². The first-order valence-electron chi connectivity index (χ1n) is 5.25. The molecule has 0 aromatic heterocycles. The monoisotopic (exact) mass is 300 g/mol. The predicted octanol–water partition coefficient (Wildman–Crippen LogP) is 1.45. The van der Waals surface area contributed by atoms with Crippen molar-refractivity contribution in [3.8, 4) is 5.75 Å². The van der Waals surface area contributed by atoms with Gasteiger partial charge in [-0.05, 0) is 24.6 Å². The molecular formula is C12H13BrO4. The summed E-state index contributed by atoms with van der Waals surface area (Å²) in [5, 5.41) is 18.5. The lowest BCUT2D eigenvalue weighted by Gasteiger charge is -2.35. The van der Waals surface area contributed by atoms with E-state index in [2.05, 4.69) is 15.9 Å². The van der Waals surface area contributed by atoms with E-state index in [0.717, 1.165) is 10.0 Å². The minimum Gasteiger partial charge on any atom is -0.481 e. The highest BCUT2D eigenvalue weighted by atomic mass is 79.9. The zero-order valence-corrected chi connectivity index (χ0v) is 11.0. The Morgan fingerprint density at radius 3 is 2.65 bits per heavy atom. The van der Waals surface area contributed by atoms with E-state index in [1.165, 1.54) is 0 Å². The molecule has 0 aliphatic carbocycles. The molecule has 0 saturated carbocycles. The van der Waals surface area contributed by atoms with Crippen LogP contribution in [0, 0.1) is 6.92 Å². The van der Waals surface area contributed by atoms with Crippen molar-refractivity contribution in [2.45, 2.75) is 18.9 Å². The summed E-state index contributed by atoms with van der Waals surface area (Å²) in [6, 6.07) is 3.45. The quantitative estimate of drug-likeness (QED) is 0.867. The van der Waals surface area contributed by atoms with Crippen molar-refractivity contribution in [1.29, 1.82) is 0 Å². The van der Waals surface area contributed by atoms with Crippen molar-refractivity contribution in [2.75, 3.05) is 13.2 Å². The van der Waals surface area contributed by atoms with Crippen molar-refractivity contribution in [3.05, 3.63) is 27.7 Å². The molecule has 0 bridgehead atoms. The van der Waals surface area contributed by atoms with E-state index >= 15 is 0 Å². The molecule has 1 aliphatic heterocycles. The zero-order valence-electron chi connectivity index (χ0n) is 9.36. The summed E-state index contributed by atoms with van der Waals surface area (Å²) in [5.41, 5.74) is 0.253. The molecule has 0 radical (unpaired) electrons. The molecule has 0 unspecified atom stereocenters. The van der Waals surface area contributed by atoms with Crippen LogP contribution in [-0.2, 0) is 0 Å². The minimum atomic E-state index is -1.20. The fraction of sp³-hybridized carbons (Fsp3) is 0.417. The van der Waals surface area contributed by atoms with Crippen molar-refractivity contribution in [1.82, 2.24) is 0 Å². The van der Waals surface area contributed by atoms with Gasteiger partial charge in [-0.3, -0.25) is 4.79 Å². The fourth-order valence-corrected chi connectivity index (χ4v) is 2.17. The van der Waals surface area contributed by atoms with Crippen molar-refractivity contribution >= 4 is 21.7 Å². The topological polar surface area (TPSA) is 66.8 Å². The Hall–Kier alpha value is -0.910. The second kappa shape index (κ2) is 4.40. The molecule has 0 amide bonds. The maximum absolute atomic E-state index is 12.0. The van der Waals surface area contributed by atoms with Crippen LogP contribution in [0.1, 0.15) is 22.3 Å². The number of ketones is 1. The molecule has 1 aliphatic rings. The first-order chi connectivity index (χ1) is 8.01. The molecule has 17 heavy (non-hydrogen) atoms. The SMILES string of the molecule is Cc1cc2c(cc1Br)OC(CO)(CO)CC2=O. The summed E-state index contributed by atoms with van der Waals surface area (Å²) in [6.45, 7) is 1.11. The van der Waals surface area contributed by atoms with E-state index in [9.17, 15) is 15.0 Å². The number of carbonyl (C=O) groups is 1. The van der Waals surface area contributed by atoms with Gasteiger partial charge in [-0.1, -0.05) is 15.9 Å². The van der Waals surface area contributed by atoms with E-state index in [-0.39, 0.29) is 25.4 Å². The molecule has 4 nitrogen and oxygen atoms in total. The second-order valence-electron chi connectivity index (χ2n) is 4.30. The fourth-order valence-electron chi connectivity index (χ4n) is 1.85. The molecule has 92 valence electrons. The number of benzene rings is 1. The van der Waals surface area contributed by atoms with Gasteiger partial charge in [-0.15, -0.1) is 0 Å². The summed E-state index contributed by atoms with van der Waals surface area (Å²) in [5.74, 6) is 0.284. The number of hydrogen-bond donors (Lipinski definition) is 2. The Morgan fingerprint density at radius 2 is 2.06 bits per heavy atom. The molecule has 0 fully saturated rings. The van der Waals surface area contributed by atoms with Gasteiger partial charge >= 0.3 is 0 Å². The smallest absolute Gasteiger partial charge is 0.170 e. The number of rotatable bonds is 2. The Morgan fingerprint density at radius 1 is 1.41 bits per heavy atom. The number of ether oxygens (including phenoxy) is 1. The Labute approximate surface area is 107 Å². The highest BCUT2D eigenvalue weighted by Crippen LogP contribution is 2.36. The molecule has 0 saturated heterocycles. The van der Waals surface area contributed by atoms with Gasteiger partial charge in [0.2, 0.25) is 0 Å². The summed E-state index contributed by atoms with van der Waals surface area (Å²) >= 11 is 3.36. The highest BCUT2D eigenvalue weighted by Gasteiger charge is 2.40. The van der Waals surface area contributed by atoms with Crippen molar-refractivity contribution in [3.63, 3.8) is 0 Å². The molecule has 2 rings (SSSR count). The highest BCUT2D eigenvalue weighted by molar-refractivity contribution is 9.10. The lowest BCUT2D eigenvalue weighted by molar-refractivity contribution is -0.0404. The third kappa shape index (κ3) is 2.10. The predicted molar refractivity (Wildman–Crippen MR) is 65.4 cm³/mol. The number of fused-ring (bicyclic) bond motifs is 1. The van der Waals surface area contributed by atoms with E-state index in [0.29, 0.717) is 11.3 Å². The van der Waals surface area contributed by atoms with Crippen LogP contribution < -0.4 is 4.74 Å². The van der Waals surface area contributed by atoms with Crippen LogP contribution in [0.4, 0.5) is 0 Å². The average Bonchev–Trinajstić information content (AvgIpc) is 2.31. The number of Topliss-reactive ketones (excluding diaryl/α,β-unsaturated/α-hetero) is 1. The summed E-state index contributed by atoms with van der Waals surface area (Å²) in [7, 11) is 0. The summed E-state index contributed by atoms with van der Waals surface area (Å²) in [4.78, 5) is 12.0. The number of aliphatic hydroxyl groups is 2. The zero-order chi connectivity index (χ0) is 12.6.